The van der Waals surface area contributed by atoms with Gasteiger partial charge in [-0.1, -0.05) is 144 Å². The van der Waals surface area contributed by atoms with Gasteiger partial charge in [0.25, 0.3) is 0 Å². The molecule has 0 aliphatic rings. The van der Waals surface area contributed by atoms with E-state index in [9.17, 15) is 24.4 Å². The lowest BCUT2D eigenvalue weighted by atomic mass is 10.1. The lowest BCUT2D eigenvalue weighted by Gasteiger charge is -2.18. The number of aliphatic hydroxyl groups excluding tert-OH is 2. The van der Waals surface area contributed by atoms with Crippen LogP contribution in [-0.4, -0.2) is 63.5 Å². The predicted octanol–water partition coefficient (Wildman–Crippen LogP) is 10.0. The quantitative estimate of drug-likeness (QED) is 0.0160. The molecule has 0 fully saturated rings. The molecule has 3 atom stereocenters. The van der Waals surface area contributed by atoms with Crippen molar-refractivity contribution in [2.24, 2.45) is 0 Å². The molecule has 0 aliphatic heterocycles. The van der Waals surface area contributed by atoms with Gasteiger partial charge in [-0.3, -0.25) is 14.1 Å². The number of carbonyl (C=O) groups is 2. The van der Waals surface area contributed by atoms with Gasteiger partial charge in [0.05, 0.1) is 18.8 Å². The monoisotopic (exact) mass is 778 g/mol. The topological polar surface area (TPSA) is 160 Å². The highest BCUT2D eigenvalue weighted by atomic mass is 31.2. The number of phosphoric ester groups is 1. The Kier molecular flexibility index (Phi) is 35.1. The third kappa shape index (κ3) is 38.9. The van der Waals surface area contributed by atoms with Gasteiger partial charge < -0.3 is 29.5 Å². The molecule has 0 aromatic heterocycles. The zero-order valence-electron chi connectivity index (χ0n) is 33.1. The second kappa shape index (κ2) is 37.1. The van der Waals surface area contributed by atoms with E-state index in [0.29, 0.717) is 25.7 Å². The minimum absolute atomic E-state index is 0.00904. The lowest BCUT2D eigenvalue weighted by molar-refractivity contribution is -0.161. The molecule has 0 aliphatic carbocycles. The van der Waals surface area contributed by atoms with Crippen molar-refractivity contribution in [3.63, 3.8) is 0 Å². The molecule has 0 aromatic rings. The van der Waals surface area contributed by atoms with Crippen LogP contribution in [0.25, 0.3) is 0 Å². The lowest BCUT2D eigenvalue weighted by Crippen LogP contribution is -2.29. The van der Waals surface area contributed by atoms with Gasteiger partial charge in [-0.2, -0.15) is 0 Å². The number of allylic oxidation sites excluding steroid dienone is 12. The van der Waals surface area contributed by atoms with Crippen LogP contribution in [0.4, 0.5) is 0 Å². The molecule has 54 heavy (non-hydrogen) atoms. The molecule has 0 saturated heterocycles. The van der Waals surface area contributed by atoms with Gasteiger partial charge in [-0.25, -0.2) is 4.57 Å². The van der Waals surface area contributed by atoms with Crippen molar-refractivity contribution in [3.05, 3.63) is 85.1 Å². The second-order valence-electron chi connectivity index (χ2n) is 13.3. The molecule has 308 valence electrons. The number of phosphoric acid groups is 1. The van der Waals surface area contributed by atoms with Crippen molar-refractivity contribution in [2.75, 3.05) is 13.2 Å². The first-order valence-corrected chi connectivity index (χ1v) is 21.6. The Labute approximate surface area is 326 Å². The summed E-state index contributed by atoms with van der Waals surface area (Å²) < 4.78 is 26.2. The third-order valence-corrected chi connectivity index (χ3v) is 8.58. The fourth-order valence-corrected chi connectivity index (χ4v) is 5.36. The molecule has 0 radical (unpaired) electrons. The van der Waals surface area contributed by atoms with Crippen LogP contribution in [0, 0.1) is 0 Å². The van der Waals surface area contributed by atoms with Gasteiger partial charge in [-0.05, 0) is 70.6 Å². The third-order valence-electron chi connectivity index (χ3n) is 8.09. The fraction of sp³-hybridized carbons (Fsp3) is 0.628. The van der Waals surface area contributed by atoms with E-state index in [2.05, 4.69) is 54.8 Å². The molecule has 10 nitrogen and oxygen atoms in total. The zero-order valence-corrected chi connectivity index (χ0v) is 34.0. The van der Waals surface area contributed by atoms with Crippen LogP contribution in [-0.2, 0) is 28.2 Å². The van der Waals surface area contributed by atoms with Crippen LogP contribution < -0.4 is 0 Å². The van der Waals surface area contributed by atoms with E-state index < -0.39 is 51.3 Å². The van der Waals surface area contributed by atoms with E-state index >= 15 is 0 Å². The van der Waals surface area contributed by atoms with Gasteiger partial charge in [0.1, 0.15) is 6.61 Å². The highest BCUT2D eigenvalue weighted by Gasteiger charge is 2.23. The molecular weight excluding hydrogens is 707 g/mol. The maximum Gasteiger partial charge on any atom is 0.469 e. The molecule has 0 heterocycles. The number of esters is 2. The highest BCUT2D eigenvalue weighted by molar-refractivity contribution is 7.46. The number of unbranched alkanes of at least 4 members (excludes halogenated alkanes) is 9. The Balaban J connectivity index is 4.25. The van der Waals surface area contributed by atoms with Gasteiger partial charge in [0.15, 0.2) is 6.10 Å². The van der Waals surface area contributed by atoms with Crippen LogP contribution in [0.1, 0.15) is 142 Å². The summed E-state index contributed by atoms with van der Waals surface area (Å²) in [6.45, 7) is 3.32. The van der Waals surface area contributed by atoms with Crippen LogP contribution in [0.3, 0.4) is 0 Å². The average Bonchev–Trinajstić information content (AvgIpc) is 3.13. The van der Waals surface area contributed by atoms with E-state index in [4.69, 9.17) is 19.3 Å². The molecule has 0 saturated carbocycles. The van der Waals surface area contributed by atoms with Crippen molar-refractivity contribution < 1.29 is 48.2 Å². The molecule has 0 amide bonds. The maximum absolute atomic E-state index is 12.4. The zero-order chi connectivity index (χ0) is 40.0. The molecule has 0 spiro atoms. The first-order chi connectivity index (χ1) is 26.1. The summed E-state index contributed by atoms with van der Waals surface area (Å²) in [4.78, 5) is 42.8. The number of ether oxygens (including phenoxy) is 2. The summed E-state index contributed by atoms with van der Waals surface area (Å²) in [6, 6.07) is 0. The Morgan fingerprint density at radius 3 is 1.67 bits per heavy atom. The maximum atomic E-state index is 12.4. The van der Waals surface area contributed by atoms with Crippen LogP contribution in [0.2, 0.25) is 0 Å². The predicted molar refractivity (Wildman–Crippen MR) is 219 cm³/mol. The number of aliphatic hydroxyl groups is 2. The number of hydrogen-bond acceptors (Lipinski definition) is 8. The van der Waals surface area contributed by atoms with E-state index in [1.165, 1.54) is 19.3 Å². The molecule has 0 bridgehead atoms. The van der Waals surface area contributed by atoms with E-state index in [0.717, 1.165) is 70.6 Å². The number of hydrogen-bond donors (Lipinski definition) is 4. The van der Waals surface area contributed by atoms with Gasteiger partial charge in [0.2, 0.25) is 0 Å². The molecule has 4 N–H and O–H groups in total. The van der Waals surface area contributed by atoms with Crippen molar-refractivity contribution in [3.8, 4) is 0 Å². The summed E-state index contributed by atoms with van der Waals surface area (Å²) in [5.41, 5.74) is 0. The van der Waals surface area contributed by atoms with Crippen LogP contribution in [0.5, 0.6) is 0 Å². The normalized spacial score (nSPS) is 14.6. The van der Waals surface area contributed by atoms with Crippen LogP contribution in [0.15, 0.2) is 85.1 Å². The van der Waals surface area contributed by atoms with E-state index in [1.54, 1.807) is 18.2 Å². The van der Waals surface area contributed by atoms with Gasteiger partial charge in [-0.15, -0.1) is 0 Å². The van der Waals surface area contributed by atoms with Crippen molar-refractivity contribution in [2.45, 2.75) is 161 Å². The standard InChI is InChI=1S/C43H71O10P/c1-3-5-7-8-9-10-11-12-13-14-15-16-17-18-22-25-29-35-43(47)53-41(38-52-54(48,49)50)37-51-42(46)36-30-34-40(45)33-28-24-21-19-20-23-27-32-39(44)31-26-6-4-2/h9-10,12-13,15-16,20-21,23-24,27-28,32-33,39-41,44-45H,3-8,11,14,17-19,22,25-26,29-31,34-38H2,1-2H3,(H2,48,49,50)/b10-9-,13-12-,16-15-,23-20-,24-21-,32-27+,33-28+/t39-,40-,41+/m0/s1. The molecular formula is C43H71O10P. The van der Waals surface area contributed by atoms with Crippen molar-refractivity contribution in [1.82, 2.24) is 0 Å². The van der Waals surface area contributed by atoms with Crippen molar-refractivity contribution >= 4 is 19.8 Å². The summed E-state index contributed by atoms with van der Waals surface area (Å²) in [5, 5.41) is 20.0. The smallest absolute Gasteiger partial charge is 0.462 e. The molecule has 0 rings (SSSR count). The summed E-state index contributed by atoms with van der Waals surface area (Å²) >= 11 is 0. The second-order valence-corrected chi connectivity index (χ2v) is 14.5. The Morgan fingerprint density at radius 2 is 1.07 bits per heavy atom. The minimum atomic E-state index is -4.82. The largest absolute Gasteiger partial charge is 0.469 e. The fourth-order valence-electron chi connectivity index (χ4n) is 5.00. The number of rotatable bonds is 35. The molecule has 0 unspecified atom stereocenters. The Bertz CT molecular complexity index is 1180. The molecule has 11 heteroatoms. The van der Waals surface area contributed by atoms with E-state index in [-0.39, 0.29) is 12.8 Å². The molecule has 0 aromatic carbocycles. The van der Waals surface area contributed by atoms with Crippen LogP contribution >= 0.6 is 7.82 Å². The van der Waals surface area contributed by atoms with E-state index in [1.807, 2.05) is 30.4 Å². The SMILES string of the molecule is CCCCC/C=C\C/C=C\C/C=C\CCCCCCC(=O)O[C@H](COC(=O)CCC[C@@H](O)/C=C/C=C\C/C=C\C=C\[C@@H](O)CCCCC)COP(=O)(O)O. The average molecular weight is 779 g/mol. The minimum Gasteiger partial charge on any atom is -0.462 e. The summed E-state index contributed by atoms with van der Waals surface area (Å²) in [6.07, 6.45) is 42.3. The van der Waals surface area contributed by atoms with Gasteiger partial charge in [0, 0.05) is 12.8 Å². The Hall–Kier alpha value is -2.85. The van der Waals surface area contributed by atoms with Crippen molar-refractivity contribution in [1.29, 1.82) is 0 Å². The van der Waals surface area contributed by atoms with Gasteiger partial charge >= 0.3 is 19.8 Å². The highest BCUT2D eigenvalue weighted by Crippen LogP contribution is 2.36. The summed E-state index contributed by atoms with van der Waals surface area (Å²) in [7, 11) is -4.82. The first kappa shape index (κ1) is 51.1. The number of carbonyl (C=O) groups excluding carboxylic acids is 2. The first-order valence-electron chi connectivity index (χ1n) is 20.1. The Morgan fingerprint density at radius 1 is 0.574 bits per heavy atom. The summed E-state index contributed by atoms with van der Waals surface area (Å²) in [5.74, 6) is -1.15.